The van der Waals surface area contributed by atoms with E-state index in [2.05, 4.69) is 0 Å². The van der Waals surface area contributed by atoms with Crippen molar-refractivity contribution < 1.29 is 24.5 Å². The standard InChI is InChI=1S/C20H18O6/c1-20(2)14-6-10-5-13(12-4-3-11(22)7-15(12)23)19(24)26-16(10)8-17(14)25-18(20)9-21/h3-8,18,21-23H,9H2,1-2H3/t18-/m0/s1. The Bertz CT molecular complexity index is 1080. The number of phenols is 2. The zero-order valence-corrected chi connectivity index (χ0v) is 14.3. The first-order valence-corrected chi connectivity index (χ1v) is 8.23. The van der Waals surface area contributed by atoms with Gasteiger partial charge in [0.15, 0.2) is 0 Å². The number of phenolic OH excluding ortho intramolecular Hbond substituents is 2. The van der Waals surface area contributed by atoms with Crippen molar-refractivity contribution in [1.29, 1.82) is 0 Å². The second-order valence-electron chi connectivity index (χ2n) is 7.05. The Kier molecular flexibility index (Phi) is 3.49. The van der Waals surface area contributed by atoms with Crippen LogP contribution in [0.1, 0.15) is 19.4 Å². The molecule has 6 nitrogen and oxygen atoms in total. The lowest BCUT2D eigenvalue weighted by atomic mass is 9.81. The number of rotatable bonds is 2. The van der Waals surface area contributed by atoms with Gasteiger partial charge in [-0.2, -0.15) is 0 Å². The van der Waals surface area contributed by atoms with E-state index in [0.717, 1.165) is 5.56 Å². The first-order valence-electron chi connectivity index (χ1n) is 8.23. The van der Waals surface area contributed by atoms with Crippen LogP contribution in [0.2, 0.25) is 0 Å². The van der Waals surface area contributed by atoms with E-state index >= 15 is 0 Å². The minimum absolute atomic E-state index is 0.0943. The summed E-state index contributed by atoms with van der Waals surface area (Å²) in [6, 6.07) is 9.21. The fourth-order valence-corrected chi connectivity index (χ4v) is 3.42. The fourth-order valence-electron chi connectivity index (χ4n) is 3.42. The van der Waals surface area contributed by atoms with Gasteiger partial charge in [-0.3, -0.25) is 0 Å². The summed E-state index contributed by atoms with van der Waals surface area (Å²) in [6.45, 7) is 3.85. The highest BCUT2D eigenvalue weighted by molar-refractivity contribution is 5.85. The first-order chi connectivity index (χ1) is 12.3. The van der Waals surface area contributed by atoms with Crippen molar-refractivity contribution in [3.05, 3.63) is 52.4 Å². The predicted octanol–water partition coefficient (Wildman–Crippen LogP) is 2.90. The van der Waals surface area contributed by atoms with Crippen LogP contribution >= 0.6 is 0 Å². The van der Waals surface area contributed by atoms with Crippen molar-refractivity contribution in [3.63, 3.8) is 0 Å². The minimum atomic E-state index is -0.602. The minimum Gasteiger partial charge on any atom is -0.508 e. The molecule has 3 N–H and O–H groups in total. The fraction of sp³-hybridized carbons (Fsp3) is 0.250. The van der Waals surface area contributed by atoms with E-state index < -0.39 is 11.0 Å². The molecule has 0 radical (unpaired) electrons. The lowest BCUT2D eigenvalue weighted by Gasteiger charge is -2.23. The molecule has 1 aromatic heterocycles. The van der Waals surface area contributed by atoms with Crippen LogP contribution in [0.5, 0.6) is 17.2 Å². The number of benzene rings is 2. The molecule has 0 unspecified atom stereocenters. The second-order valence-corrected chi connectivity index (χ2v) is 7.05. The van der Waals surface area contributed by atoms with Gasteiger partial charge in [-0.15, -0.1) is 0 Å². The highest BCUT2D eigenvalue weighted by atomic mass is 16.5. The van der Waals surface area contributed by atoms with Crippen molar-refractivity contribution in [3.8, 4) is 28.4 Å². The molecule has 2 aromatic carbocycles. The van der Waals surface area contributed by atoms with Gasteiger partial charge < -0.3 is 24.5 Å². The summed E-state index contributed by atoms with van der Waals surface area (Å²) in [6.07, 6.45) is -0.373. The smallest absolute Gasteiger partial charge is 0.344 e. The van der Waals surface area contributed by atoms with Crippen LogP contribution in [-0.4, -0.2) is 28.0 Å². The molecule has 1 aliphatic heterocycles. The molecular weight excluding hydrogens is 336 g/mol. The van der Waals surface area contributed by atoms with Gasteiger partial charge in [0.25, 0.3) is 0 Å². The number of aliphatic hydroxyl groups is 1. The van der Waals surface area contributed by atoms with Crippen LogP contribution in [0.25, 0.3) is 22.1 Å². The zero-order chi connectivity index (χ0) is 18.6. The van der Waals surface area contributed by atoms with Gasteiger partial charge >= 0.3 is 5.63 Å². The molecule has 134 valence electrons. The average molecular weight is 354 g/mol. The Morgan fingerprint density at radius 3 is 2.54 bits per heavy atom. The van der Waals surface area contributed by atoms with Crippen molar-refractivity contribution in [2.45, 2.75) is 25.4 Å². The topological polar surface area (TPSA) is 100 Å². The van der Waals surface area contributed by atoms with Crippen molar-refractivity contribution in [1.82, 2.24) is 0 Å². The van der Waals surface area contributed by atoms with Gasteiger partial charge in [-0.25, -0.2) is 4.79 Å². The molecule has 3 aromatic rings. The number of hydrogen-bond acceptors (Lipinski definition) is 6. The van der Waals surface area contributed by atoms with Crippen LogP contribution in [0.4, 0.5) is 0 Å². The molecule has 26 heavy (non-hydrogen) atoms. The molecule has 0 bridgehead atoms. The van der Waals surface area contributed by atoms with Crippen molar-refractivity contribution in [2.75, 3.05) is 6.61 Å². The zero-order valence-electron chi connectivity index (χ0n) is 14.3. The third kappa shape index (κ3) is 2.34. The number of hydrogen-bond donors (Lipinski definition) is 3. The van der Waals surface area contributed by atoms with Crippen LogP contribution < -0.4 is 10.4 Å². The molecule has 2 heterocycles. The van der Waals surface area contributed by atoms with Crippen molar-refractivity contribution in [2.24, 2.45) is 0 Å². The quantitative estimate of drug-likeness (QED) is 0.612. The first kappa shape index (κ1) is 16.5. The highest BCUT2D eigenvalue weighted by Gasteiger charge is 2.41. The van der Waals surface area contributed by atoms with E-state index in [4.69, 9.17) is 9.15 Å². The Balaban J connectivity index is 1.93. The average Bonchev–Trinajstić information content (AvgIpc) is 2.83. The summed E-state index contributed by atoms with van der Waals surface area (Å²) in [4.78, 5) is 12.4. The lowest BCUT2D eigenvalue weighted by molar-refractivity contribution is 0.0888. The number of ether oxygens (including phenoxy) is 1. The van der Waals surface area contributed by atoms with Crippen LogP contribution in [0.3, 0.4) is 0 Å². The van der Waals surface area contributed by atoms with E-state index in [9.17, 15) is 20.1 Å². The number of fused-ring (bicyclic) bond motifs is 2. The van der Waals surface area contributed by atoms with Gasteiger partial charge in [-0.05, 0) is 24.3 Å². The van der Waals surface area contributed by atoms with E-state index in [1.807, 2.05) is 19.9 Å². The summed E-state index contributed by atoms with van der Waals surface area (Å²) < 4.78 is 11.2. The van der Waals surface area contributed by atoms with E-state index in [1.165, 1.54) is 18.2 Å². The lowest BCUT2D eigenvalue weighted by Crippen LogP contribution is -2.35. The van der Waals surface area contributed by atoms with Crippen molar-refractivity contribution >= 4 is 11.0 Å². The maximum atomic E-state index is 12.4. The maximum Gasteiger partial charge on any atom is 0.344 e. The Morgan fingerprint density at radius 2 is 1.85 bits per heavy atom. The monoisotopic (exact) mass is 354 g/mol. The molecule has 0 spiro atoms. The van der Waals surface area contributed by atoms with Gasteiger partial charge in [0.1, 0.15) is 28.9 Å². The third-order valence-corrected chi connectivity index (χ3v) is 5.04. The van der Waals surface area contributed by atoms with Gasteiger partial charge in [0, 0.05) is 34.1 Å². The van der Waals surface area contributed by atoms with Gasteiger partial charge in [0.2, 0.25) is 0 Å². The molecule has 0 fully saturated rings. The van der Waals surface area contributed by atoms with E-state index in [-0.39, 0.29) is 35.3 Å². The normalized spacial score (nSPS) is 17.9. The largest absolute Gasteiger partial charge is 0.508 e. The van der Waals surface area contributed by atoms with E-state index in [1.54, 1.807) is 12.1 Å². The molecule has 4 rings (SSSR count). The molecule has 0 saturated heterocycles. The SMILES string of the molecule is CC1(C)c2cc3cc(-c4ccc(O)cc4O)c(=O)oc3cc2O[C@H]1CO. The number of aromatic hydroxyl groups is 2. The van der Waals surface area contributed by atoms with E-state index in [0.29, 0.717) is 16.7 Å². The summed E-state index contributed by atoms with van der Waals surface area (Å²) in [5.41, 5.74) is 0.765. The summed E-state index contributed by atoms with van der Waals surface area (Å²) in [5.74, 6) is 0.287. The highest BCUT2D eigenvalue weighted by Crippen LogP contribution is 2.44. The summed E-state index contributed by atoms with van der Waals surface area (Å²) in [7, 11) is 0. The number of aliphatic hydroxyl groups excluding tert-OH is 1. The second kappa shape index (κ2) is 5.51. The Morgan fingerprint density at radius 1 is 1.08 bits per heavy atom. The molecule has 1 atom stereocenters. The van der Waals surface area contributed by atoms with Crippen LogP contribution in [0, 0.1) is 0 Å². The maximum absolute atomic E-state index is 12.4. The van der Waals surface area contributed by atoms with Crippen LogP contribution in [0.15, 0.2) is 45.6 Å². The Labute approximate surface area is 148 Å². The molecule has 0 amide bonds. The predicted molar refractivity (Wildman–Crippen MR) is 95.8 cm³/mol. The molecule has 6 heteroatoms. The summed E-state index contributed by atoms with van der Waals surface area (Å²) in [5, 5.41) is 29.7. The molecular formula is C20H18O6. The van der Waals surface area contributed by atoms with Crippen LogP contribution in [-0.2, 0) is 5.41 Å². The Hall–Kier alpha value is -2.99. The van der Waals surface area contributed by atoms with Gasteiger partial charge in [0.05, 0.1) is 12.2 Å². The van der Waals surface area contributed by atoms with Gasteiger partial charge in [-0.1, -0.05) is 13.8 Å². The molecule has 0 saturated carbocycles. The molecule has 0 aliphatic carbocycles. The summed E-state index contributed by atoms with van der Waals surface area (Å²) >= 11 is 0. The molecule has 1 aliphatic rings. The third-order valence-electron chi connectivity index (χ3n) is 5.04.